The number of hydrogen-bond donors (Lipinski definition) is 0. The van der Waals surface area contributed by atoms with Crippen LogP contribution in [0.4, 0.5) is 0 Å². The molecule has 2 aromatic carbocycles. The predicted molar refractivity (Wildman–Crippen MR) is 85.0 cm³/mol. The lowest BCUT2D eigenvalue weighted by molar-refractivity contribution is -0.110. The molecule has 0 fully saturated rings. The van der Waals surface area contributed by atoms with E-state index in [1.807, 2.05) is 54.6 Å². The summed E-state index contributed by atoms with van der Waals surface area (Å²) in [5.41, 5.74) is 4.46. The largest absolute Gasteiger partial charge is 0.497 e. The molecular weight excluding hydrogens is 260 g/mol. The van der Waals surface area contributed by atoms with E-state index in [0.29, 0.717) is 12.0 Å². The predicted octanol–water partition coefficient (Wildman–Crippen LogP) is 4.14. The molecule has 0 saturated carbocycles. The van der Waals surface area contributed by atoms with Gasteiger partial charge in [-0.25, -0.2) is 0 Å². The maximum atomic E-state index is 12.4. The van der Waals surface area contributed by atoms with Crippen molar-refractivity contribution in [1.82, 2.24) is 0 Å². The van der Waals surface area contributed by atoms with E-state index in [9.17, 15) is 4.79 Å². The number of carbonyl (C=O) groups excluding carboxylic acids is 1. The molecule has 0 amide bonds. The Balaban J connectivity index is 2.13. The third-order valence-electron chi connectivity index (χ3n) is 3.74. The standard InChI is InChI=1S/C19H16O2/c1-13-12-17(14-8-10-16(21-2)11-9-14)18(19(13)20)15-6-4-3-5-7-15/h3-11H,1,12H2,2H3. The molecule has 0 heterocycles. The molecule has 2 aromatic rings. The fourth-order valence-corrected chi connectivity index (χ4v) is 2.64. The van der Waals surface area contributed by atoms with Gasteiger partial charge in [0.15, 0.2) is 5.78 Å². The average molecular weight is 276 g/mol. The molecule has 0 radical (unpaired) electrons. The van der Waals surface area contributed by atoms with Gasteiger partial charge in [0, 0.05) is 12.0 Å². The van der Waals surface area contributed by atoms with Gasteiger partial charge < -0.3 is 4.74 Å². The van der Waals surface area contributed by atoms with E-state index in [1.54, 1.807) is 7.11 Å². The van der Waals surface area contributed by atoms with Crippen molar-refractivity contribution < 1.29 is 9.53 Å². The van der Waals surface area contributed by atoms with Crippen LogP contribution in [0.25, 0.3) is 11.1 Å². The second kappa shape index (κ2) is 5.41. The Morgan fingerprint density at radius 3 is 2.24 bits per heavy atom. The van der Waals surface area contributed by atoms with Crippen LogP contribution in [0.5, 0.6) is 5.75 Å². The Morgan fingerprint density at radius 1 is 0.952 bits per heavy atom. The van der Waals surface area contributed by atoms with Gasteiger partial charge in [-0.05, 0) is 34.4 Å². The van der Waals surface area contributed by atoms with Crippen molar-refractivity contribution in [3.05, 3.63) is 77.9 Å². The average Bonchev–Trinajstić information content (AvgIpc) is 2.84. The number of ketones is 1. The molecule has 0 saturated heterocycles. The minimum atomic E-state index is 0.0482. The lowest BCUT2D eigenvalue weighted by Crippen LogP contribution is -1.97. The maximum absolute atomic E-state index is 12.4. The van der Waals surface area contributed by atoms with Gasteiger partial charge in [0.1, 0.15) is 5.75 Å². The molecule has 0 N–H and O–H groups in total. The van der Waals surface area contributed by atoms with Gasteiger partial charge in [-0.2, -0.15) is 0 Å². The fourth-order valence-electron chi connectivity index (χ4n) is 2.64. The number of rotatable bonds is 3. The van der Waals surface area contributed by atoms with Gasteiger partial charge in [0.05, 0.1) is 7.11 Å². The summed E-state index contributed by atoms with van der Waals surface area (Å²) in [7, 11) is 1.64. The highest BCUT2D eigenvalue weighted by Gasteiger charge is 2.28. The van der Waals surface area contributed by atoms with Crippen LogP contribution in [0, 0.1) is 0 Å². The summed E-state index contributed by atoms with van der Waals surface area (Å²) in [6, 6.07) is 17.6. The van der Waals surface area contributed by atoms with E-state index in [4.69, 9.17) is 4.74 Å². The molecular formula is C19H16O2. The smallest absolute Gasteiger partial charge is 0.189 e. The molecule has 21 heavy (non-hydrogen) atoms. The van der Waals surface area contributed by atoms with Crippen molar-refractivity contribution in [3.8, 4) is 5.75 Å². The zero-order valence-corrected chi connectivity index (χ0v) is 11.9. The molecule has 2 nitrogen and oxygen atoms in total. The molecule has 1 aliphatic carbocycles. The zero-order valence-electron chi connectivity index (χ0n) is 11.9. The number of ether oxygens (including phenoxy) is 1. The van der Waals surface area contributed by atoms with Gasteiger partial charge >= 0.3 is 0 Å². The van der Waals surface area contributed by atoms with Gasteiger partial charge in [-0.15, -0.1) is 0 Å². The van der Waals surface area contributed by atoms with Crippen molar-refractivity contribution in [3.63, 3.8) is 0 Å². The van der Waals surface area contributed by atoms with Crippen LogP contribution in [0.3, 0.4) is 0 Å². The van der Waals surface area contributed by atoms with Gasteiger partial charge in [0.25, 0.3) is 0 Å². The Bertz CT molecular complexity index is 722. The first kappa shape index (κ1) is 13.4. The first-order chi connectivity index (χ1) is 10.2. The van der Waals surface area contributed by atoms with Gasteiger partial charge in [-0.1, -0.05) is 49.0 Å². The normalized spacial score (nSPS) is 14.7. The fraction of sp³-hybridized carbons (Fsp3) is 0.105. The number of allylic oxidation sites excluding steroid dienone is 3. The third kappa shape index (κ3) is 2.40. The molecule has 0 aliphatic heterocycles. The van der Waals surface area contributed by atoms with Crippen LogP contribution >= 0.6 is 0 Å². The van der Waals surface area contributed by atoms with E-state index in [0.717, 1.165) is 28.0 Å². The Morgan fingerprint density at radius 2 is 1.62 bits per heavy atom. The number of Topliss-reactive ketones (excluding diaryl/α,β-unsaturated/α-hetero) is 1. The van der Waals surface area contributed by atoms with Crippen LogP contribution in [0.1, 0.15) is 17.5 Å². The van der Waals surface area contributed by atoms with E-state index in [1.165, 1.54) is 0 Å². The molecule has 2 heteroatoms. The highest BCUT2D eigenvalue weighted by Crippen LogP contribution is 2.39. The van der Waals surface area contributed by atoms with Crippen molar-refractivity contribution >= 4 is 16.9 Å². The topological polar surface area (TPSA) is 26.3 Å². The van der Waals surface area contributed by atoms with Crippen LogP contribution in [0.2, 0.25) is 0 Å². The summed E-state index contributed by atoms with van der Waals surface area (Å²) in [5, 5.41) is 0. The number of methoxy groups -OCH3 is 1. The summed E-state index contributed by atoms with van der Waals surface area (Å²) in [5.74, 6) is 0.857. The Labute approximate surface area is 124 Å². The highest BCUT2D eigenvalue weighted by atomic mass is 16.5. The zero-order chi connectivity index (χ0) is 14.8. The molecule has 0 atom stereocenters. The van der Waals surface area contributed by atoms with Crippen LogP contribution < -0.4 is 4.74 Å². The lowest BCUT2D eigenvalue weighted by atomic mass is 9.97. The summed E-state index contributed by atoms with van der Waals surface area (Å²) in [6.07, 6.45) is 0.607. The van der Waals surface area contributed by atoms with E-state index in [-0.39, 0.29) is 5.78 Å². The van der Waals surface area contributed by atoms with Crippen molar-refractivity contribution in [1.29, 1.82) is 0 Å². The van der Waals surface area contributed by atoms with Crippen LogP contribution in [-0.2, 0) is 4.79 Å². The monoisotopic (exact) mass is 276 g/mol. The van der Waals surface area contributed by atoms with Gasteiger partial charge in [0.2, 0.25) is 0 Å². The number of carbonyl (C=O) groups is 1. The van der Waals surface area contributed by atoms with Crippen LogP contribution in [-0.4, -0.2) is 12.9 Å². The summed E-state index contributed by atoms with van der Waals surface area (Å²) in [6.45, 7) is 3.90. The second-order valence-corrected chi connectivity index (χ2v) is 5.06. The Hall–Kier alpha value is -2.61. The maximum Gasteiger partial charge on any atom is 0.189 e. The second-order valence-electron chi connectivity index (χ2n) is 5.06. The SMILES string of the molecule is C=C1CC(c2ccc(OC)cc2)=C(c2ccccc2)C1=O. The molecule has 0 bridgehead atoms. The summed E-state index contributed by atoms with van der Waals surface area (Å²) in [4.78, 5) is 12.4. The van der Waals surface area contributed by atoms with Crippen molar-refractivity contribution in [2.75, 3.05) is 7.11 Å². The minimum Gasteiger partial charge on any atom is -0.497 e. The van der Waals surface area contributed by atoms with Crippen molar-refractivity contribution in [2.45, 2.75) is 6.42 Å². The molecule has 0 spiro atoms. The molecule has 0 unspecified atom stereocenters. The van der Waals surface area contributed by atoms with Crippen LogP contribution in [0.15, 0.2) is 66.7 Å². The van der Waals surface area contributed by atoms with Crippen molar-refractivity contribution in [2.24, 2.45) is 0 Å². The molecule has 104 valence electrons. The lowest BCUT2D eigenvalue weighted by Gasteiger charge is -2.08. The minimum absolute atomic E-state index is 0.0482. The number of hydrogen-bond acceptors (Lipinski definition) is 2. The summed E-state index contributed by atoms with van der Waals surface area (Å²) < 4.78 is 5.18. The van der Waals surface area contributed by atoms with E-state index in [2.05, 4.69) is 6.58 Å². The summed E-state index contributed by atoms with van der Waals surface area (Å²) >= 11 is 0. The van der Waals surface area contributed by atoms with Gasteiger partial charge in [-0.3, -0.25) is 4.79 Å². The molecule has 3 rings (SSSR count). The quantitative estimate of drug-likeness (QED) is 0.788. The molecule has 1 aliphatic rings. The third-order valence-corrected chi connectivity index (χ3v) is 3.74. The molecule has 0 aromatic heterocycles. The van der Waals surface area contributed by atoms with E-state index >= 15 is 0 Å². The first-order valence-electron chi connectivity index (χ1n) is 6.86. The Kier molecular flexibility index (Phi) is 3.44. The van der Waals surface area contributed by atoms with E-state index < -0.39 is 0 Å². The number of benzene rings is 2. The highest BCUT2D eigenvalue weighted by molar-refractivity contribution is 6.38. The first-order valence-corrected chi connectivity index (χ1v) is 6.86.